The number of hydrogen-bond donors (Lipinski definition) is 1. The van der Waals surface area contributed by atoms with Gasteiger partial charge in [-0.15, -0.1) is 0 Å². The predicted molar refractivity (Wildman–Crippen MR) is 81.9 cm³/mol. The first-order valence-electron chi connectivity index (χ1n) is 5.09. The van der Waals surface area contributed by atoms with E-state index in [1.165, 1.54) is 0 Å². The number of rotatable bonds is 3. The van der Waals surface area contributed by atoms with E-state index >= 15 is 0 Å². The van der Waals surface area contributed by atoms with Gasteiger partial charge in [0.2, 0.25) is 0 Å². The number of nitrogens with two attached hydrogens (primary N) is 1. The fraction of sp³-hybridized carbons (Fsp3) is 0. The lowest BCUT2D eigenvalue weighted by atomic mass is 10.2. The molecule has 0 spiro atoms. The lowest BCUT2D eigenvalue weighted by molar-refractivity contribution is 0.0998. The maximum Gasteiger partial charge on any atom is 0.252 e. The van der Waals surface area contributed by atoms with Crippen molar-refractivity contribution >= 4 is 44.4 Å². The third-order valence-corrected chi connectivity index (χ3v) is 3.40. The van der Waals surface area contributed by atoms with Gasteiger partial charge in [0.25, 0.3) is 5.91 Å². The minimum atomic E-state index is -0.517. The molecule has 0 saturated heterocycles. The molecule has 2 N–H and O–H groups in total. The largest absolute Gasteiger partial charge is 0.456 e. The van der Waals surface area contributed by atoms with Gasteiger partial charge in [-0.3, -0.25) is 4.79 Å². The molecule has 92 valence electrons. The fourth-order valence-corrected chi connectivity index (χ4v) is 2.32. The number of benzene rings is 2. The topological polar surface area (TPSA) is 52.3 Å². The van der Waals surface area contributed by atoms with Crippen molar-refractivity contribution < 1.29 is 9.53 Å². The Balaban J connectivity index is 2.37. The Hall–Kier alpha value is -1.08. The van der Waals surface area contributed by atoms with E-state index in [9.17, 15) is 4.79 Å². The molecule has 0 aliphatic rings. The standard InChI is InChI=1S/C13H9BrINO2/c14-8-4-5-12(11(6-8)13(16)17)18-10-3-1-2-9(15)7-10/h1-7H,(H2,16,17). The smallest absolute Gasteiger partial charge is 0.252 e. The molecule has 18 heavy (non-hydrogen) atoms. The van der Waals surface area contributed by atoms with Crippen molar-refractivity contribution in [3.05, 3.63) is 56.1 Å². The summed E-state index contributed by atoms with van der Waals surface area (Å²) in [5, 5.41) is 0. The summed E-state index contributed by atoms with van der Waals surface area (Å²) in [7, 11) is 0. The molecule has 1 amide bonds. The molecule has 0 radical (unpaired) electrons. The van der Waals surface area contributed by atoms with Crippen molar-refractivity contribution in [2.24, 2.45) is 5.73 Å². The normalized spacial score (nSPS) is 10.1. The first-order valence-corrected chi connectivity index (χ1v) is 6.96. The quantitative estimate of drug-likeness (QED) is 0.769. The Bertz CT molecular complexity index is 601. The van der Waals surface area contributed by atoms with E-state index in [1.807, 2.05) is 24.3 Å². The highest BCUT2D eigenvalue weighted by molar-refractivity contribution is 14.1. The predicted octanol–water partition coefficient (Wildman–Crippen LogP) is 3.94. The maximum atomic E-state index is 11.4. The molecule has 0 atom stereocenters. The van der Waals surface area contributed by atoms with E-state index in [0.29, 0.717) is 17.1 Å². The van der Waals surface area contributed by atoms with Gasteiger partial charge in [-0.25, -0.2) is 0 Å². The summed E-state index contributed by atoms with van der Waals surface area (Å²) in [5.74, 6) is 0.608. The van der Waals surface area contributed by atoms with Crippen LogP contribution in [0.25, 0.3) is 0 Å². The maximum absolute atomic E-state index is 11.4. The Morgan fingerprint density at radius 1 is 1.22 bits per heavy atom. The van der Waals surface area contributed by atoms with E-state index in [0.717, 1.165) is 8.04 Å². The highest BCUT2D eigenvalue weighted by Gasteiger charge is 2.11. The average Bonchev–Trinajstić information content (AvgIpc) is 2.31. The third kappa shape index (κ3) is 3.23. The number of ether oxygens (including phenoxy) is 1. The zero-order chi connectivity index (χ0) is 13.1. The lowest BCUT2D eigenvalue weighted by Gasteiger charge is -2.09. The van der Waals surface area contributed by atoms with E-state index in [2.05, 4.69) is 38.5 Å². The molecular formula is C13H9BrINO2. The summed E-state index contributed by atoms with van der Waals surface area (Å²) in [6.45, 7) is 0. The van der Waals surface area contributed by atoms with E-state index < -0.39 is 5.91 Å². The molecule has 5 heteroatoms. The average molecular weight is 418 g/mol. The van der Waals surface area contributed by atoms with Gasteiger partial charge >= 0.3 is 0 Å². The first kappa shape index (κ1) is 13.4. The van der Waals surface area contributed by atoms with E-state index in [4.69, 9.17) is 10.5 Å². The molecule has 0 heterocycles. The monoisotopic (exact) mass is 417 g/mol. The Morgan fingerprint density at radius 3 is 2.67 bits per heavy atom. The minimum Gasteiger partial charge on any atom is -0.456 e. The van der Waals surface area contributed by atoms with Crippen LogP contribution in [0.5, 0.6) is 11.5 Å². The van der Waals surface area contributed by atoms with Crippen molar-refractivity contribution in [1.82, 2.24) is 0 Å². The highest BCUT2D eigenvalue weighted by Crippen LogP contribution is 2.28. The van der Waals surface area contributed by atoms with Crippen LogP contribution < -0.4 is 10.5 Å². The molecule has 2 aromatic rings. The Morgan fingerprint density at radius 2 is 2.00 bits per heavy atom. The molecule has 3 nitrogen and oxygen atoms in total. The van der Waals surface area contributed by atoms with Crippen LogP contribution in [0.4, 0.5) is 0 Å². The Kier molecular flexibility index (Phi) is 4.23. The van der Waals surface area contributed by atoms with Gasteiger partial charge in [0, 0.05) is 8.04 Å². The van der Waals surface area contributed by atoms with Crippen LogP contribution >= 0.6 is 38.5 Å². The highest BCUT2D eigenvalue weighted by atomic mass is 127. The summed E-state index contributed by atoms with van der Waals surface area (Å²) in [5.41, 5.74) is 5.68. The molecular weight excluding hydrogens is 409 g/mol. The van der Waals surface area contributed by atoms with Gasteiger partial charge in [-0.05, 0) is 59.0 Å². The van der Waals surface area contributed by atoms with Gasteiger partial charge < -0.3 is 10.5 Å². The van der Waals surface area contributed by atoms with E-state index in [1.54, 1.807) is 18.2 Å². The Labute approximate surface area is 127 Å². The minimum absolute atomic E-state index is 0.350. The lowest BCUT2D eigenvalue weighted by Crippen LogP contribution is -2.12. The number of amides is 1. The van der Waals surface area contributed by atoms with Crippen LogP contribution in [0.3, 0.4) is 0 Å². The second kappa shape index (κ2) is 5.71. The van der Waals surface area contributed by atoms with Crippen molar-refractivity contribution in [3.8, 4) is 11.5 Å². The number of carbonyl (C=O) groups excluding carboxylic acids is 1. The second-order valence-corrected chi connectivity index (χ2v) is 5.73. The van der Waals surface area contributed by atoms with Crippen LogP contribution in [-0.4, -0.2) is 5.91 Å². The van der Waals surface area contributed by atoms with Crippen LogP contribution in [-0.2, 0) is 0 Å². The molecule has 0 bridgehead atoms. The number of primary amides is 1. The van der Waals surface area contributed by atoms with Gasteiger partial charge in [-0.2, -0.15) is 0 Å². The van der Waals surface area contributed by atoms with Crippen molar-refractivity contribution in [2.45, 2.75) is 0 Å². The second-order valence-electron chi connectivity index (χ2n) is 3.56. The molecule has 0 saturated carbocycles. The van der Waals surface area contributed by atoms with Gasteiger partial charge in [0.05, 0.1) is 5.56 Å². The molecule has 0 aliphatic carbocycles. The van der Waals surface area contributed by atoms with Crippen molar-refractivity contribution in [1.29, 1.82) is 0 Å². The number of hydrogen-bond acceptors (Lipinski definition) is 2. The molecule has 0 fully saturated rings. The van der Waals surface area contributed by atoms with Crippen LogP contribution in [0, 0.1) is 3.57 Å². The summed E-state index contributed by atoms with van der Waals surface area (Å²) in [4.78, 5) is 11.4. The van der Waals surface area contributed by atoms with Crippen LogP contribution in [0.1, 0.15) is 10.4 Å². The zero-order valence-electron chi connectivity index (χ0n) is 9.19. The summed E-state index contributed by atoms with van der Waals surface area (Å²) in [6.07, 6.45) is 0. The van der Waals surface area contributed by atoms with Gasteiger partial charge in [-0.1, -0.05) is 22.0 Å². The van der Waals surface area contributed by atoms with E-state index in [-0.39, 0.29) is 0 Å². The van der Waals surface area contributed by atoms with Crippen LogP contribution in [0.15, 0.2) is 46.9 Å². The number of carbonyl (C=O) groups is 1. The van der Waals surface area contributed by atoms with Gasteiger partial charge in [0.15, 0.2) is 0 Å². The summed E-state index contributed by atoms with van der Waals surface area (Å²) < 4.78 is 7.52. The summed E-state index contributed by atoms with van der Waals surface area (Å²) in [6, 6.07) is 12.7. The zero-order valence-corrected chi connectivity index (χ0v) is 12.9. The van der Waals surface area contributed by atoms with Crippen molar-refractivity contribution in [3.63, 3.8) is 0 Å². The van der Waals surface area contributed by atoms with Gasteiger partial charge in [0.1, 0.15) is 11.5 Å². The molecule has 0 aromatic heterocycles. The van der Waals surface area contributed by atoms with Crippen molar-refractivity contribution in [2.75, 3.05) is 0 Å². The van der Waals surface area contributed by atoms with Crippen LogP contribution in [0.2, 0.25) is 0 Å². The summed E-state index contributed by atoms with van der Waals surface area (Å²) >= 11 is 5.49. The molecule has 2 rings (SSSR count). The SMILES string of the molecule is NC(=O)c1cc(Br)ccc1Oc1cccc(I)c1. The first-order chi connectivity index (χ1) is 8.56. The molecule has 0 aliphatic heterocycles. The third-order valence-electron chi connectivity index (χ3n) is 2.23. The molecule has 2 aromatic carbocycles. The molecule has 0 unspecified atom stereocenters. The number of halogens is 2. The fourth-order valence-electron chi connectivity index (χ4n) is 1.44.